The summed E-state index contributed by atoms with van der Waals surface area (Å²) in [6, 6.07) is 28.2. The zero-order valence-corrected chi connectivity index (χ0v) is 46.0. The van der Waals surface area contributed by atoms with Crippen LogP contribution < -0.4 is 48.7 Å². The van der Waals surface area contributed by atoms with E-state index in [2.05, 4.69) is 37.2 Å². The quantitative estimate of drug-likeness (QED) is 0.0410. The second-order valence-corrected chi connectivity index (χ2v) is 22.0. The topological polar surface area (TPSA) is 337 Å². The molecule has 9 atom stereocenters. The van der Waals surface area contributed by atoms with E-state index in [0.29, 0.717) is 28.5 Å². The molecule has 1 aliphatic heterocycles. The lowest BCUT2D eigenvalue weighted by atomic mass is 10.0. The van der Waals surface area contributed by atoms with Gasteiger partial charge in [0.15, 0.2) is 12.5 Å². The van der Waals surface area contributed by atoms with Gasteiger partial charge in [0.2, 0.25) is 35.4 Å². The van der Waals surface area contributed by atoms with Gasteiger partial charge in [-0.1, -0.05) is 143 Å². The Morgan fingerprint density at radius 2 is 1.01 bits per heavy atom. The van der Waals surface area contributed by atoms with Crippen LogP contribution in [0.3, 0.4) is 0 Å². The van der Waals surface area contributed by atoms with E-state index >= 15 is 0 Å². The molecule has 0 aliphatic carbocycles. The molecule has 1 unspecified atom stereocenters. The third-order valence-electron chi connectivity index (χ3n) is 13.2. The van der Waals surface area contributed by atoms with Gasteiger partial charge in [-0.15, -0.1) is 0 Å². The third kappa shape index (κ3) is 18.3. The summed E-state index contributed by atoms with van der Waals surface area (Å²) in [6.45, 7) is 1.43. The minimum atomic E-state index is -2.10. The molecule has 0 radical (unpaired) electrons. The first-order valence-electron chi connectivity index (χ1n) is 26.2. The number of aliphatic hydroxyl groups is 3. The van der Waals surface area contributed by atoms with Gasteiger partial charge in [0.1, 0.15) is 30.2 Å². The number of hydrogen-bond donors (Lipinski definition) is 12. The molecule has 8 amide bonds. The maximum atomic E-state index is 15.0. The van der Waals surface area contributed by atoms with Gasteiger partial charge < -0.3 is 68.9 Å². The van der Waals surface area contributed by atoms with Gasteiger partial charge >= 0.3 is 0 Å². The number of amides is 8. The molecule has 23 heteroatoms. The predicted molar refractivity (Wildman–Crippen MR) is 306 cm³/mol. The van der Waals surface area contributed by atoms with Crippen LogP contribution in [0.25, 0.3) is 10.8 Å². The highest BCUT2D eigenvalue weighted by molar-refractivity contribution is 8.76. The number of nitrogens with zero attached hydrogens (tertiary/aromatic N) is 1. The first-order chi connectivity index (χ1) is 38.4. The summed E-state index contributed by atoms with van der Waals surface area (Å²) in [6.07, 6.45) is -5.33. The summed E-state index contributed by atoms with van der Waals surface area (Å²) in [5.74, 6) is -7.28. The summed E-state index contributed by atoms with van der Waals surface area (Å²) < 4.78 is 0. The number of rotatable bonds is 14. The minimum absolute atomic E-state index is 0.0499. The van der Waals surface area contributed by atoms with Crippen molar-refractivity contribution in [1.29, 1.82) is 0 Å². The number of nitrogens with two attached hydrogens (primary N) is 2. The van der Waals surface area contributed by atoms with E-state index in [0.717, 1.165) is 31.9 Å². The molecule has 1 aliphatic rings. The number of carbonyl (C=O) groups is 8. The molecular formula is C57H70N10O11S2. The van der Waals surface area contributed by atoms with Crippen molar-refractivity contribution in [2.24, 2.45) is 11.5 Å². The van der Waals surface area contributed by atoms with E-state index in [1.165, 1.54) is 14.0 Å². The van der Waals surface area contributed by atoms with Crippen LogP contribution in [0.5, 0.6) is 0 Å². The van der Waals surface area contributed by atoms with Crippen molar-refractivity contribution in [3.63, 3.8) is 0 Å². The molecule has 5 aromatic rings. The number of nitrogens with one attached hydrogen (secondary N) is 7. The number of hydrogen-bond acceptors (Lipinski definition) is 15. The highest BCUT2D eigenvalue weighted by atomic mass is 33.1. The molecular weight excluding hydrogens is 1060 g/mol. The van der Waals surface area contributed by atoms with Gasteiger partial charge in [0.25, 0.3) is 11.8 Å². The molecule has 0 saturated carbocycles. The van der Waals surface area contributed by atoms with Crippen LogP contribution in [0.4, 0.5) is 0 Å². The van der Waals surface area contributed by atoms with Gasteiger partial charge in [0, 0.05) is 43.4 Å². The van der Waals surface area contributed by atoms with Crippen LogP contribution in [0.15, 0.2) is 133 Å². The lowest BCUT2D eigenvalue weighted by molar-refractivity contribution is -0.138. The first kappa shape index (κ1) is 61.8. The van der Waals surface area contributed by atoms with E-state index in [1.807, 2.05) is 12.1 Å². The minimum Gasteiger partial charge on any atom is -0.391 e. The Hall–Kier alpha value is -7.38. The van der Waals surface area contributed by atoms with Crippen LogP contribution >= 0.6 is 21.6 Å². The molecule has 1 fully saturated rings. The fourth-order valence-corrected chi connectivity index (χ4v) is 11.0. The van der Waals surface area contributed by atoms with Crippen LogP contribution in [-0.2, 0) is 52.8 Å². The average molecular weight is 1140 g/mol. The SMILES string of the molecule is CC(O)[C@@H]1NC(=O)[C@H](CCCCN)NC(=O)[C@@H](N(C)C(=O)c2ccc3ccccc3c2)NC(=O)[C@H](Cc2ccccc2)NC(=O)[C@H](Cc2ccccc2)NC(=O)[C@H](N)CSSC[C@@H](C(O)O)NC(=O)[C@H](Cc2ccccc2)NC1=O. The Labute approximate surface area is 471 Å². The highest BCUT2D eigenvalue weighted by Gasteiger charge is 2.38. The van der Waals surface area contributed by atoms with Crippen LogP contribution in [0.1, 0.15) is 53.2 Å². The van der Waals surface area contributed by atoms with E-state index in [9.17, 15) is 53.7 Å². The summed E-state index contributed by atoms with van der Waals surface area (Å²) in [7, 11) is 3.41. The molecule has 6 rings (SSSR count). The third-order valence-corrected chi connectivity index (χ3v) is 15.7. The Kier molecular flexibility index (Phi) is 23.8. The summed E-state index contributed by atoms with van der Waals surface area (Å²) in [5.41, 5.74) is 14.2. The first-order valence-corrected chi connectivity index (χ1v) is 28.7. The Bertz CT molecular complexity index is 2890. The number of aliphatic hydroxyl groups excluding tert-OH is 2. The summed E-state index contributed by atoms with van der Waals surface area (Å²) >= 11 is 0. The summed E-state index contributed by atoms with van der Waals surface area (Å²) in [5, 5.41) is 51.9. The Morgan fingerprint density at radius 1 is 0.550 bits per heavy atom. The largest absolute Gasteiger partial charge is 0.391 e. The summed E-state index contributed by atoms with van der Waals surface area (Å²) in [4.78, 5) is 117. The van der Waals surface area contributed by atoms with Crippen LogP contribution in [0, 0.1) is 0 Å². The maximum Gasteiger partial charge on any atom is 0.264 e. The zero-order chi connectivity index (χ0) is 57.7. The Balaban J connectivity index is 1.42. The normalized spacial score (nSPS) is 23.1. The molecule has 0 spiro atoms. The molecule has 14 N–H and O–H groups in total. The second kappa shape index (κ2) is 30.8. The molecule has 1 saturated heterocycles. The smallest absolute Gasteiger partial charge is 0.264 e. The standard InChI is InChI=1S/C57H70N10O11S2/c1-34(68)47-54(74)63-44(29-36-18-8-4-9-19-36)52(72)64-46(57(77)78)33-80-79-32-41(59)49(69)61-43(28-35-16-6-3-7-17-35)51(71)62-45(30-37-20-10-5-11-21-37)53(73)66-48(55(75)60-42(50(70)65-47)24-14-15-27-58)67(2)56(76)40-26-25-38-22-12-13-23-39(38)31-40/h3-13,16-23,25-26,31,34,41-48,57,68,77-78H,14-15,24,27-30,32-33,58-59H2,1-2H3,(H,60,75)(H,61,69)(H,62,71)(H,63,74)(H,64,72)(H,65,70)(H,66,73)/t34?,41-,42+,43+,44+,45+,46+,47+,48-/m1/s1. The van der Waals surface area contributed by atoms with Crippen molar-refractivity contribution in [3.8, 4) is 0 Å². The van der Waals surface area contributed by atoms with Crippen molar-refractivity contribution in [2.75, 3.05) is 25.1 Å². The van der Waals surface area contributed by atoms with Gasteiger partial charge in [-0.05, 0) is 72.3 Å². The van der Waals surface area contributed by atoms with E-state index in [1.54, 1.807) is 121 Å². The van der Waals surface area contributed by atoms with Gasteiger partial charge in [-0.2, -0.15) is 0 Å². The van der Waals surface area contributed by atoms with Crippen molar-refractivity contribution in [2.45, 2.75) is 106 Å². The van der Waals surface area contributed by atoms with Crippen molar-refractivity contribution >= 4 is 79.6 Å². The number of unbranched alkanes of at least 4 members (excludes halogenated alkanes) is 1. The van der Waals surface area contributed by atoms with Crippen LogP contribution in [0.2, 0.25) is 0 Å². The number of benzene rings is 5. The van der Waals surface area contributed by atoms with E-state index < -0.39 is 108 Å². The molecule has 426 valence electrons. The van der Waals surface area contributed by atoms with Crippen molar-refractivity contribution in [1.82, 2.24) is 42.1 Å². The predicted octanol–water partition coefficient (Wildman–Crippen LogP) is 0.534. The zero-order valence-electron chi connectivity index (χ0n) is 44.4. The lowest BCUT2D eigenvalue weighted by Crippen LogP contribution is -2.64. The van der Waals surface area contributed by atoms with Crippen molar-refractivity contribution < 1.29 is 53.7 Å². The van der Waals surface area contributed by atoms with Gasteiger partial charge in [0.05, 0.1) is 18.2 Å². The molecule has 21 nitrogen and oxygen atoms in total. The fourth-order valence-electron chi connectivity index (χ4n) is 8.68. The lowest BCUT2D eigenvalue weighted by Gasteiger charge is -2.32. The van der Waals surface area contributed by atoms with Crippen LogP contribution in [-0.4, -0.2) is 153 Å². The Morgan fingerprint density at radius 3 is 1.55 bits per heavy atom. The molecule has 0 bridgehead atoms. The number of fused-ring (bicyclic) bond motifs is 1. The second-order valence-electron chi connectivity index (χ2n) is 19.4. The molecule has 80 heavy (non-hydrogen) atoms. The van der Waals surface area contributed by atoms with E-state index in [-0.39, 0.29) is 55.7 Å². The average Bonchev–Trinajstić information content (AvgIpc) is 3.45. The molecule has 1 heterocycles. The highest BCUT2D eigenvalue weighted by Crippen LogP contribution is 2.24. The fraction of sp³-hybridized carbons (Fsp3) is 0.368. The number of carbonyl (C=O) groups excluding carboxylic acids is 8. The molecule has 5 aromatic carbocycles. The van der Waals surface area contributed by atoms with Crippen molar-refractivity contribution in [3.05, 3.63) is 156 Å². The maximum absolute atomic E-state index is 15.0. The number of likely N-dealkylation sites (N-methyl/N-ethyl adjacent to an activating group) is 1. The van der Waals surface area contributed by atoms with E-state index in [4.69, 9.17) is 11.5 Å². The van der Waals surface area contributed by atoms with Gasteiger partial charge in [-0.25, -0.2) is 0 Å². The van der Waals surface area contributed by atoms with Gasteiger partial charge in [-0.3, -0.25) is 38.4 Å². The monoisotopic (exact) mass is 1130 g/mol. The molecule has 0 aromatic heterocycles.